The molecule has 0 radical (unpaired) electrons. The molecule has 0 spiro atoms. The highest BCUT2D eigenvalue weighted by Gasteiger charge is 2.43. The molecule has 3 N–H and O–H groups in total. The van der Waals surface area contributed by atoms with Gasteiger partial charge in [0.15, 0.2) is 0 Å². The van der Waals surface area contributed by atoms with Crippen LogP contribution >= 0.6 is 0 Å². The van der Waals surface area contributed by atoms with E-state index in [2.05, 4.69) is 10.6 Å². The maximum atomic E-state index is 12.0. The molecule has 0 bridgehead atoms. The van der Waals surface area contributed by atoms with Crippen molar-refractivity contribution in [2.45, 2.75) is 63.5 Å². The number of nitrogens with one attached hydrogen (secondary N) is 2. The first kappa shape index (κ1) is 16.1. The Morgan fingerprint density at radius 3 is 2.59 bits per heavy atom. The number of hydrogen-bond donors (Lipinski definition) is 3. The van der Waals surface area contributed by atoms with E-state index in [-0.39, 0.29) is 11.9 Å². The fourth-order valence-electron chi connectivity index (χ4n) is 4.15. The van der Waals surface area contributed by atoms with Gasteiger partial charge in [0.2, 0.25) is 0 Å². The maximum Gasteiger partial charge on any atom is 0.315 e. The SMILES string of the molecule is O=C(NCC(O)C1CCOCC1)N[C@@H]1C[C@H]1C1CCCCC1. The predicted octanol–water partition coefficient (Wildman–Crippen LogP) is 2.04. The van der Waals surface area contributed by atoms with Crippen LogP contribution in [0.3, 0.4) is 0 Å². The summed E-state index contributed by atoms with van der Waals surface area (Å²) >= 11 is 0. The molecular formula is C17H30N2O3. The summed E-state index contributed by atoms with van der Waals surface area (Å²) in [4.78, 5) is 12.0. The van der Waals surface area contributed by atoms with Crippen molar-refractivity contribution in [3.05, 3.63) is 0 Å². The Kier molecular flexibility index (Phi) is 5.58. The minimum Gasteiger partial charge on any atom is -0.391 e. The average molecular weight is 310 g/mol. The van der Waals surface area contributed by atoms with E-state index in [1.807, 2.05) is 0 Å². The van der Waals surface area contributed by atoms with Crippen LogP contribution in [0.2, 0.25) is 0 Å². The number of urea groups is 1. The third-order valence-corrected chi connectivity index (χ3v) is 5.69. The summed E-state index contributed by atoms with van der Waals surface area (Å²) in [6.07, 6.45) is 9.23. The molecule has 5 heteroatoms. The Morgan fingerprint density at radius 2 is 1.86 bits per heavy atom. The van der Waals surface area contributed by atoms with Crippen LogP contribution in [0.1, 0.15) is 51.4 Å². The molecule has 0 aromatic carbocycles. The number of carbonyl (C=O) groups is 1. The molecule has 2 amide bonds. The Balaban J connectivity index is 1.31. The predicted molar refractivity (Wildman–Crippen MR) is 84.6 cm³/mol. The second-order valence-corrected chi connectivity index (χ2v) is 7.28. The van der Waals surface area contributed by atoms with E-state index in [0.29, 0.717) is 18.5 Å². The Hall–Kier alpha value is -0.810. The first-order chi connectivity index (χ1) is 10.7. The Labute approximate surface area is 133 Å². The monoisotopic (exact) mass is 310 g/mol. The number of ether oxygens (including phenoxy) is 1. The maximum absolute atomic E-state index is 12.0. The summed E-state index contributed by atoms with van der Waals surface area (Å²) in [7, 11) is 0. The van der Waals surface area contributed by atoms with Gasteiger partial charge in [0.05, 0.1) is 6.10 Å². The zero-order valence-electron chi connectivity index (χ0n) is 13.4. The summed E-state index contributed by atoms with van der Waals surface area (Å²) < 4.78 is 5.29. The molecule has 2 saturated carbocycles. The van der Waals surface area contributed by atoms with Crippen molar-refractivity contribution in [3.63, 3.8) is 0 Å². The average Bonchev–Trinajstić information content (AvgIpc) is 3.33. The van der Waals surface area contributed by atoms with Gasteiger partial charge in [-0.3, -0.25) is 0 Å². The van der Waals surface area contributed by atoms with Crippen LogP contribution in [0.5, 0.6) is 0 Å². The third kappa shape index (κ3) is 4.35. The largest absolute Gasteiger partial charge is 0.391 e. The highest BCUT2D eigenvalue weighted by atomic mass is 16.5. The number of carbonyl (C=O) groups excluding carboxylic acids is 1. The van der Waals surface area contributed by atoms with Crippen molar-refractivity contribution >= 4 is 6.03 Å². The van der Waals surface area contributed by atoms with E-state index in [9.17, 15) is 9.90 Å². The van der Waals surface area contributed by atoms with E-state index >= 15 is 0 Å². The van der Waals surface area contributed by atoms with Crippen LogP contribution < -0.4 is 10.6 Å². The molecule has 3 aliphatic rings. The molecule has 3 rings (SSSR count). The molecule has 22 heavy (non-hydrogen) atoms. The summed E-state index contributed by atoms with van der Waals surface area (Å²) in [5.41, 5.74) is 0. The zero-order chi connectivity index (χ0) is 15.4. The van der Waals surface area contributed by atoms with Crippen molar-refractivity contribution in [3.8, 4) is 0 Å². The molecule has 1 unspecified atom stereocenters. The molecular weight excluding hydrogens is 280 g/mol. The van der Waals surface area contributed by atoms with Crippen LogP contribution in [-0.2, 0) is 4.74 Å². The second kappa shape index (κ2) is 7.64. The topological polar surface area (TPSA) is 70.6 Å². The third-order valence-electron chi connectivity index (χ3n) is 5.69. The first-order valence-electron chi connectivity index (χ1n) is 9.04. The zero-order valence-corrected chi connectivity index (χ0v) is 13.4. The van der Waals surface area contributed by atoms with Crippen molar-refractivity contribution < 1.29 is 14.6 Å². The van der Waals surface area contributed by atoms with E-state index in [1.54, 1.807) is 0 Å². The molecule has 3 fully saturated rings. The number of aliphatic hydroxyl groups is 1. The van der Waals surface area contributed by atoms with Gasteiger partial charge in [-0.25, -0.2) is 4.79 Å². The molecule has 126 valence electrons. The van der Waals surface area contributed by atoms with Crippen LogP contribution in [0.25, 0.3) is 0 Å². The van der Waals surface area contributed by atoms with Crippen LogP contribution in [0, 0.1) is 17.8 Å². The normalized spacial score (nSPS) is 31.5. The van der Waals surface area contributed by atoms with Gasteiger partial charge in [0, 0.05) is 25.8 Å². The summed E-state index contributed by atoms with van der Waals surface area (Å²) in [5.74, 6) is 1.78. The first-order valence-corrected chi connectivity index (χ1v) is 9.04. The van der Waals surface area contributed by atoms with Crippen LogP contribution in [-0.4, -0.2) is 43.0 Å². The summed E-state index contributed by atoms with van der Waals surface area (Å²) in [6.45, 7) is 1.79. The minimum atomic E-state index is -0.456. The van der Waals surface area contributed by atoms with Gasteiger partial charge in [-0.2, -0.15) is 0 Å². The van der Waals surface area contributed by atoms with E-state index in [1.165, 1.54) is 32.1 Å². The molecule has 1 saturated heterocycles. The smallest absolute Gasteiger partial charge is 0.315 e. The highest BCUT2D eigenvalue weighted by molar-refractivity contribution is 5.74. The fraction of sp³-hybridized carbons (Fsp3) is 0.941. The van der Waals surface area contributed by atoms with Gasteiger partial charge in [0.1, 0.15) is 0 Å². The second-order valence-electron chi connectivity index (χ2n) is 7.28. The molecule has 0 aromatic heterocycles. The van der Waals surface area contributed by atoms with E-state index in [0.717, 1.165) is 38.4 Å². The van der Waals surface area contributed by atoms with Crippen molar-refractivity contribution in [2.75, 3.05) is 19.8 Å². The van der Waals surface area contributed by atoms with Crippen molar-refractivity contribution in [1.29, 1.82) is 0 Å². The van der Waals surface area contributed by atoms with Gasteiger partial charge in [0.25, 0.3) is 0 Å². The van der Waals surface area contributed by atoms with Gasteiger partial charge < -0.3 is 20.5 Å². The van der Waals surface area contributed by atoms with Gasteiger partial charge >= 0.3 is 6.03 Å². The standard InChI is InChI=1S/C17H30N2O3/c20-16(13-6-8-22-9-7-13)11-18-17(21)19-15-10-14(15)12-4-2-1-3-5-12/h12-16,20H,1-11H2,(H2,18,19,21)/t14-,15+,16?/m0/s1. The molecule has 2 aliphatic carbocycles. The lowest BCUT2D eigenvalue weighted by Gasteiger charge is -2.26. The number of aliphatic hydroxyl groups excluding tert-OH is 1. The quantitative estimate of drug-likeness (QED) is 0.728. The molecule has 1 aliphatic heterocycles. The fourth-order valence-corrected chi connectivity index (χ4v) is 4.15. The van der Waals surface area contributed by atoms with Crippen LogP contribution in [0.15, 0.2) is 0 Å². The minimum absolute atomic E-state index is 0.116. The molecule has 0 aromatic rings. The van der Waals surface area contributed by atoms with E-state index in [4.69, 9.17) is 4.74 Å². The number of rotatable bonds is 5. The van der Waals surface area contributed by atoms with Crippen LogP contribution in [0.4, 0.5) is 4.79 Å². The van der Waals surface area contributed by atoms with Gasteiger partial charge in [-0.05, 0) is 37.0 Å². The lowest BCUT2D eigenvalue weighted by molar-refractivity contribution is 0.00950. The van der Waals surface area contributed by atoms with Crippen molar-refractivity contribution in [2.24, 2.45) is 17.8 Å². The molecule has 1 heterocycles. The summed E-state index contributed by atoms with van der Waals surface area (Å²) in [5, 5.41) is 16.0. The number of amides is 2. The highest BCUT2D eigenvalue weighted by Crippen LogP contribution is 2.44. The Morgan fingerprint density at radius 1 is 1.14 bits per heavy atom. The molecule has 5 nitrogen and oxygen atoms in total. The summed E-state index contributed by atoms with van der Waals surface area (Å²) in [6, 6.07) is 0.248. The Bertz CT molecular complexity index is 365. The van der Waals surface area contributed by atoms with E-state index < -0.39 is 6.10 Å². The van der Waals surface area contributed by atoms with Crippen molar-refractivity contribution in [1.82, 2.24) is 10.6 Å². The lowest BCUT2D eigenvalue weighted by atomic mass is 9.85. The van der Waals surface area contributed by atoms with Gasteiger partial charge in [-0.1, -0.05) is 32.1 Å². The number of hydrogen-bond acceptors (Lipinski definition) is 3. The van der Waals surface area contributed by atoms with Gasteiger partial charge in [-0.15, -0.1) is 0 Å². The lowest BCUT2D eigenvalue weighted by Crippen LogP contribution is -2.44. The molecule has 3 atom stereocenters.